The molecule has 68 heavy (non-hydrogen) atoms. The van der Waals surface area contributed by atoms with Crippen molar-refractivity contribution in [1.82, 2.24) is 4.57 Å². The van der Waals surface area contributed by atoms with Crippen LogP contribution in [0.25, 0.3) is 82.7 Å². The zero-order valence-corrected chi connectivity index (χ0v) is 36.6. The molecule has 4 heterocycles. The van der Waals surface area contributed by atoms with Crippen molar-refractivity contribution in [3.8, 4) is 39.4 Å². The maximum Gasteiger partial charge on any atom is 0.178 e. The Hall–Kier alpha value is -9.26. The van der Waals surface area contributed by atoms with Gasteiger partial charge in [0, 0.05) is 67.5 Å². The fourth-order valence-corrected chi connectivity index (χ4v) is 10.2. The fraction of sp³-hybridized carbons (Fsp3) is 0. The Labute approximate surface area is 391 Å². The van der Waals surface area contributed by atoms with Crippen LogP contribution >= 0.6 is 0 Å². The molecule has 1 aliphatic rings. The summed E-state index contributed by atoms with van der Waals surface area (Å²) in [6, 6.07) is 83.1. The third-order valence-electron chi connectivity index (χ3n) is 13.3. The first-order valence-electron chi connectivity index (χ1n) is 22.9. The standard InChI is InChI=1S/C62H39N3O3/c1-3-18-44(19-4-1)64-54-26-10-7-25-53(54)61-62(64)65(45-20-5-2-6-21-45)55-34-29-43(37-60(55)68-61)41-16-13-15-40(35-41)42-17-14-22-46(36-42)63(47-30-32-51-49-23-8-11-27-56(49)66-58(51)38-47)48-31-33-52-50-24-9-12-28-57(50)67-59(52)39-48/h1-39H. The lowest BCUT2D eigenvalue weighted by atomic mass is 9.97. The zero-order chi connectivity index (χ0) is 44.7. The van der Waals surface area contributed by atoms with Crippen molar-refractivity contribution in [3.63, 3.8) is 0 Å². The second kappa shape index (κ2) is 15.2. The Morgan fingerprint density at radius 3 is 1.51 bits per heavy atom. The van der Waals surface area contributed by atoms with Crippen LogP contribution < -0.4 is 14.5 Å². The number of para-hydroxylation sites is 5. The maximum absolute atomic E-state index is 7.05. The van der Waals surface area contributed by atoms with Gasteiger partial charge in [0.2, 0.25) is 0 Å². The van der Waals surface area contributed by atoms with Gasteiger partial charge in [0.05, 0.1) is 11.2 Å². The molecule has 0 N–H and O–H groups in total. The summed E-state index contributed by atoms with van der Waals surface area (Å²) in [7, 11) is 0. The van der Waals surface area contributed by atoms with Crippen LogP contribution in [0.15, 0.2) is 245 Å². The molecule has 10 aromatic carbocycles. The molecule has 320 valence electrons. The molecular formula is C62H39N3O3. The number of rotatable bonds is 7. The van der Waals surface area contributed by atoms with E-state index in [0.717, 1.165) is 128 Å². The molecule has 0 radical (unpaired) electrons. The SMILES string of the molecule is c1ccc(N2c3ccc(-c4cccc(-c5cccc(N(c6ccc7c(c6)oc6ccccc67)c6ccc7c(c6)oc6ccccc67)c5)c4)cc3Oc3c2n(-c2ccccc2)c2ccccc32)cc1. The van der Waals surface area contributed by atoms with Crippen LogP contribution in [-0.2, 0) is 0 Å². The molecule has 6 nitrogen and oxygen atoms in total. The van der Waals surface area contributed by atoms with Gasteiger partial charge in [-0.3, -0.25) is 9.47 Å². The summed E-state index contributed by atoms with van der Waals surface area (Å²) in [6.07, 6.45) is 0. The third-order valence-corrected chi connectivity index (χ3v) is 13.3. The maximum atomic E-state index is 7.05. The van der Waals surface area contributed by atoms with Gasteiger partial charge in [-0.2, -0.15) is 0 Å². The largest absolute Gasteiger partial charge is 0.456 e. The van der Waals surface area contributed by atoms with E-state index in [1.165, 1.54) is 0 Å². The minimum absolute atomic E-state index is 0.792. The highest BCUT2D eigenvalue weighted by molar-refractivity contribution is 6.08. The summed E-state index contributed by atoms with van der Waals surface area (Å²) in [6.45, 7) is 0. The van der Waals surface area contributed by atoms with Crippen LogP contribution in [0.5, 0.6) is 11.5 Å². The highest BCUT2D eigenvalue weighted by Crippen LogP contribution is 2.56. The van der Waals surface area contributed by atoms with Gasteiger partial charge in [0.15, 0.2) is 17.3 Å². The van der Waals surface area contributed by atoms with Gasteiger partial charge in [-0.25, -0.2) is 0 Å². The minimum Gasteiger partial charge on any atom is -0.456 e. The molecule has 0 atom stereocenters. The summed E-state index contributed by atoms with van der Waals surface area (Å²) in [5, 5.41) is 5.43. The number of benzene rings is 10. The first-order valence-corrected chi connectivity index (χ1v) is 22.9. The van der Waals surface area contributed by atoms with E-state index in [1.54, 1.807) is 0 Å². The number of hydrogen-bond donors (Lipinski definition) is 0. The molecule has 0 amide bonds. The molecule has 0 unspecified atom stereocenters. The smallest absolute Gasteiger partial charge is 0.178 e. The van der Waals surface area contributed by atoms with E-state index in [2.05, 4.69) is 227 Å². The summed E-state index contributed by atoms with van der Waals surface area (Å²) in [4.78, 5) is 4.62. The number of furan rings is 2. The summed E-state index contributed by atoms with van der Waals surface area (Å²) >= 11 is 0. The van der Waals surface area contributed by atoms with Crippen molar-refractivity contribution in [3.05, 3.63) is 237 Å². The highest BCUT2D eigenvalue weighted by atomic mass is 16.5. The third kappa shape index (κ3) is 6.05. The average molecular weight is 874 g/mol. The molecule has 6 heteroatoms. The van der Waals surface area contributed by atoms with Crippen LogP contribution in [0, 0.1) is 0 Å². The van der Waals surface area contributed by atoms with Crippen molar-refractivity contribution >= 4 is 89.0 Å². The first kappa shape index (κ1) is 38.1. The van der Waals surface area contributed by atoms with E-state index in [4.69, 9.17) is 13.6 Å². The monoisotopic (exact) mass is 873 g/mol. The number of ether oxygens (including phenoxy) is 1. The number of fused-ring (bicyclic) bond motifs is 10. The van der Waals surface area contributed by atoms with Gasteiger partial charge in [-0.05, 0) is 125 Å². The Morgan fingerprint density at radius 1 is 0.338 bits per heavy atom. The summed E-state index contributed by atoms with van der Waals surface area (Å²) in [5.41, 5.74) is 14.9. The van der Waals surface area contributed by atoms with Crippen LogP contribution in [0.1, 0.15) is 0 Å². The zero-order valence-electron chi connectivity index (χ0n) is 36.6. The van der Waals surface area contributed by atoms with Gasteiger partial charge in [-0.15, -0.1) is 0 Å². The van der Waals surface area contributed by atoms with Crippen LogP contribution in [0.2, 0.25) is 0 Å². The number of nitrogens with zero attached hydrogens (tertiary/aromatic N) is 3. The van der Waals surface area contributed by atoms with Crippen molar-refractivity contribution in [2.45, 2.75) is 0 Å². The van der Waals surface area contributed by atoms with Crippen molar-refractivity contribution < 1.29 is 13.6 Å². The first-order chi connectivity index (χ1) is 33.7. The molecule has 0 bridgehead atoms. The van der Waals surface area contributed by atoms with E-state index < -0.39 is 0 Å². The molecule has 0 aliphatic carbocycles. The predicted octanol–water partition coefficient (Wildman–Crippen LogP) is 17.8. The topological polar surface area (TPSA) is 46.9 Å². The molecule has 3 aromatic heterocycles. The lowest BCUT2D eigenvalue weighted by Crippen LogP contribution is -2.18. The quantitative estimate of drug-likeness (QED) is 0.160. The lowest BCUT2D eigenvalue weighted by Gasteiger charge is -2.33. The van der Waals surface area contributed by atoms with E-state index in [-0.39, 0.29) is 0 Å². The van der Waals surface area contributed by atoms with Gasteiger partial charge in [-0.1, -0.05) is 121 Å². The van der Waals surface area contributed by atoms with Gasteiger partial charge < -0.3 is 18.5 Å². The highest BCUT2D eigenvalue weighted by Gasteiger charge is 2.33. The van der Waals surface area contributed by atoms with Crippen LogP contribution in [0.4, 0.5) is 34.3 Å². The van der Waals surface area contributed by atoms with Gasteiger partial charge >= 0.3 is 0 Å². The summed E-state index contributed by atoms with van der Waals surface area (Å²) < 4.78 is 22.2. The predicted molar refractivity (Wildman–Crippen MR) is 278 cm³/mol. The van der Waals surface area contributed by atoms with Gasteiger partial charge in [0.1, 0.15) is 22.3 Å². The molecule has 1 aliphatic heterocycles. The molecule has 13 aromatic rings. The van der Waals surface area contributed by atoms with Crippen molar-refractivity contribution in [1.29, 1.82) is 0 Å². The van der Waals surface area contributed by atoms with Crippen molar-refractivity contribution in [2.75, 3.05) is 9.80 Å². The Bertz CT molecular complexity index is 3980. The average Bonchev–Trinajstić information content (AvgIpc) is 4.07. The Morgan fingerprint density at radius 2 is 0.853 bits per heavy atom. The molecule has 14 rings (SSSR count). The number of hydrogen-bond acceptors (Lipinski definition) is 5. The molecule has 0 saturated heterocycles. The van der Waals surface area contributed by atoms with Crippen LogP contribution in [-0.4, -0.2) is 4.57 Å². The number of anilines is 6. The Balaban J connectivity index is 0.871. The molecule has 0 saturated carbocycles. The second-order valence-electron chi connectivity index (χ2n) is 17.3. The van der Waals surface area contributed by atoms with Crippen molar-refractivity contribution in [2.24, 2.45) is 0 Å². The molecule has 0 fully saturated rings. The normalized spacial score (nSPS) is 12.2. The lowest BCUT2D eigenvalue weighted by molar-refractivity contribution is 0.481. The van der Waals surface area contributed by atoms with E-state index in [0.29, 0.717) is 0 Å². The number of aromatic nitrogens is 1. The fourth-order valence-electron chi connectivity index (χ4n) is 10.2. The van der Waals surface area contributed by atoms with E-state index >= 15 is 0 Å². The Kier molecular flexibility index (Phi) is 8.48. The minimum atomic E-state index is 0.792. The summed E-state index contributed by atoms with van der Waals surface area (Å²) in [5.74, 6) is 2.59. The van der Waals surface area contributed by atoms with E-state index in [9.17, 15) is 0 Å². The molecular weight excluding hydrogens is 835 g/mol. The van der Waals surface area contributed by atoms with Gasteiger partial charge in [0.25, 0.3) is 0 Å². The van der Waals surface area contributed by atoms with E-state index in [1.807, 2.05) is 24.3 Å². The van der Waals surface area contributed by atoms with Crippen LogP contribution in [0.3, 0.4) is 0 Å². The second-order valence-corrected chi connectivity index (χ2v) is 17.3. The molecule has 0 spiro atoms.